The highest BCUT2D eigenvalue weighted by Gasteiger charge is 1.99. The molecular weight excluding hydrogens is 146 g/mol. The van der Waals surface area contributed by atoms with Gasteiger partial charge in [0.25, 0.3) is 0 Å². The molecule has 0 aliphatic heterocycles. The summed E-state index contributed by atoms with van der Waals surface area (Å²) in [6.07, 6.45) is 10.5. The van der Waals surface area contributed by atoms with Crippen molar-refractivity contribution in [3.63, 3.8) is 0 Å². The second-order valence-electron chi connectivity index (χ2n) is 3.75. The van der Waals surface area contributed by atoms with Crippen molar-refractivity contribution in [1.29, 1.82) is 0 Å². The lowest BCUT2D eigenvalue weighted by molar-refractivity contribution is 0.512. The highest BCUT2D eigenvalue weighted by Crippen LogP contribution is 2.08. The summed E-state index contributed by atoms with van der Waals surface area (Å²) < 4.78 is 0. The van der Waals surface area contributed by atoms with E-state index in [1.54, 1.807) is 0 Å². The molecule has 1 atom stereocenters. The fraction of sp³-hybridized carbons (Fsp3) is 1.00. The molecule has 0 radical (unpaired) electrons. The molecule has 1 unspecified atom stereocenters. The first-order valence-electron chi connectivity index (χ1n) is 5.56. The monoisotopic (exact) mass is 171 g/mol. The molecule has 0 saturated heterocycles. The van der Waals surface area contributed by atoms with Crippen molar-refractivity contribution in [2.24, 2.45) is 5.73 Å². The standard InChI is InChI=1S/C11H25N/c1-3-5-6-7-8-10-11(12)9-4-2/h11H,3-10,12H2,1-2H3. The summed E-state index contributed by atoms with van der Waals surface area (Å²) in [5, 5.41) is 0. The summed E-state index contributed by atoms with van der Waals surface area (Å²) in [6, 6.07) is 0.469. The molecule has 1 heteroatoms. The van der Waals surface area contributed by atoms with Crippen LogP contribution < -0.4 is 5.73 Å². The highest BCUT2D eigenvalue weighted by atomic mass is 14.6. The largest absolute Gasteiger partial charge is 0.328 e. The Morgan fingerprint density at radius 3 is 2.08 bits per heavy atom. The molecule has 2 N–H and O–H groups in total. The van der Waals surface area contributed by atoms with Gasteiger partial charge in [-0.1, -0.05) is 52.4 Å². The van der Waals surface area contributed by atoms with Gasteiger partial charge in [0.15, 0.2) is 0 Å². The summed E-state index contributed by atoms with van der Waals surface area (Å²) in [4.78, 5) is 0. The normalized spacial score (nSPS) is 13.2. The van der Waals surface area contributed by atoms with E-state index in [1.807, 2.05) is 0 Å². The van der Waals surface area contributed by atoms with Gasteiger partial charge in [0.1, 0.15) is 0 Å². The van der Waals surface area contributed by atoms with Crippen LogP contribution >= 0.6 is 0 Å². The van der Waals surface area contributed by atoms with Crippen LogP contribution in [0.3, 0.4) is 0 Å². The predicted molar refractivity (Wildman–Crippen MR) is 56.3 cm³/mol. The topological polar surface area (TPSA) is 26.0 Å². The summed E-state index contributed by atoms with van der Waals surface area (Å²) in [5.74, 6) is 0. The van der Waals surface area contributed by atoms with E-state index in [-0.39, 0.29) is 0 Å². The zero-order valence-electron chi connectivity index (χ0n) is 8.81. The van der Waals surface area contributed by atoms with Crippen LogP contribution in [0.1, 0.15) is 65.2 Å². The summed E-state index contributed by atoms with van der Waals surface area (Å²) >= 11 is 0. The average molecular weight is 171 g/mol. The first-order chi connectivity index (χ1) is 5.81. The minimum atomic E-state index is 0.469. The van der Waals surface area contributed by atoms with Gasteiger partial charge in [-0.05, 0) is 12.8 Å². The number of rotatable bonds is 8. The molecule has 0 aliphatic carbocycles. The number of hydrogen-bond acceptors (Lipinski definition) is 1. The van der Waals surface area contributed by atoms with Crippen LogP contribution in [0.25, 0.3) is 0 Å². The van der Waals surface area contributed by atoms with E-state index in [0.717, 1.165) is 0 Å². The molecule has 0 rings (SSSR count). The first-order valence-corrected chi connectivity index (χ1v) is 5.56. The second kappa shape index (κ2) is 9.05. The number of nitrogens with two attached hydrogens (primary N) is 1. The summed E-state index contributed by atoms with van der Waals surface area (Å²) in [6.45, 7) is 4.46. The van der Waals surface area contributed by atoms with Crippen LogP contribution in [-0.2, 0) is 0 Å². The molecule has 1 nitrogen and oxygen atoms in total. The third-order valence-corrected chi connectivity index (χ3v) is 2.34. The van der Waals surface area contributed by atoms with Crippen LogP contribution in [0, 0.1) is 0 Å². The van der Waals surface area contributed by atoms with E-state index in [9.17, 15) is 0 Å². The summed E-state index contributed by atoms with van der Waals surface area (Å²) in [7, 11) is 0. The SMILES string of the molecule is CCCCCCCC(N)CCC. The van der Waals surface area contributed by atoms with Crippen LogP contribution in [0.5, 0.6) is 0 Å². The van der Waals surface area contributed by atoms with E-state index >= 15 is 0 Å². The van der Waals surface area contributed by atoms with Crippen molar-refractivity contribution in [1.82, 2.24) is 0 Å². The fourth-order valence-electron chi connectivity index (χ4n) is 1.53. The minimum absolute atomic E-state index is 0.469. The third-order valence-electron chi connectivity index (χ3n) is 2.34. The number of hydrogen-bond donors (Lipinski definition) is 1. The molecule has 0 aliphatic rings. The molecular formula is C11H25N. The lowest BCUT2D eigenvalue weighted by Gasteiger charge is -2.08. The Balaban J connectivity index is 2.97. The van der Waals surface area contributed by atoms with Gasteiger partial charge in [0.2, 0.25) is 0 Å². The lowest BCUT2D eigenvalue weighted by Crippen LogP contribution is -2.18. The van der Waals surface area contributed by atoms with Gasteiger partial charge >= 0.3 is 0 Å². The molecule has 0 aromatic carbocycles. The van der Waals surface area contributed by atoms with E-state index in [0.29, 0.717) is 6.04 Å². The van der Waals surface area contributed by atoms with Crippen molar-refractivity contribution in [2.75, 3.05) is 0 Å². The maximum Gasteiger partial charge on any atom is 0.00387 e. The predicted octanol–water partition coefficient (Wildman–Crippen LogP) is 3.47. The molecule has 0 aromatic rings. The Morgan fingerprint density at radius 1 is 0.833 bits per heavy atom. The van der Waals surface area contributed by atoms with Gasteiger partial charge in [-0.3, -0.25) is 0 Å². The molecule has 0 fully saturated rings. The molecule has 12 heavy (non-hydrogen) atoms. The van der Waals surface area contributed by atoms with E-state index in [2.05, 4.69) is 13.8 Å². The van der Waals surface area contributed by atoms with E-state index in [4.69, 9.17) is 5.73 Å². The zero-order chi connectivity index (χ0) is 9.23. The smallest absolute Gasteiger partial charge is 0.00387 e. The van der Waals surface area contributed by atoms with Gasteiger partial charge in [-0.15, -0.1) is 0 Å². The Morgan fingerprint density at radius 2 is 1.50 bits per heavy atom. The fourth-order valence-corrected chi connectivity index (χ4v) is 1.53. The van der Waals surface area contributed by atoms with Gasteiger partial charge in [0.05, 0.1) is 0 Å². The zero-order valence-corrected chi connectivity index (χ0v) is 8.81. The van der Waals surface area contributed by atoms with E-state index in [1.165, 1.54) is 51.4 Å². The summed E-state index contributed by atoms with van der Waals surface area (Å²) in [5.41, 5.74) is 5.90. The Kier molecular flexibility index (Phi) is 9.02. The van der Waals surface area contributed by atoms with Crippen molar-refractivity contribution in [3.05, 3.63) is 0 Å². The van der Waals surface area contributed by atoms with Crippen LogP contribution in [-0.4, -0.2) is 6.04 Å². The third kappa shape index (κ3) is 8.06. The molecule has 0 saturated carbocycles. The van der Waals surface area contributed by atoms with Gasteiger partial charge in [-0.2, -0.15) is 0 Å². The second-order valence-corrected chi connectivity index (χ2v) is 3.75. The van der Waals surface area contributed by atoms with Crippen LogP contribution in [0.4, 0.5) is 0 Å². The Bertz CT molecular complexity index is 81.1. The maximum absolute atomic E-state index is 5.90. The highest BCUT2D eigenvalue weighted by molar-refractivity contribution is 4.59. The van der Waals surface area contributed by atoms with Crippen molar-refractivity contribution < 1.29 is 0 Å². The lowest BCUT2D eigenvalue weighted by atomic mass is 10.0. The molecule has 74 valence electrons. The van der Waals surface area contributed by atoms with Crippen LogP contribution in [0.15, 0.2) is 0 Å². The number of unbranched alkanes of at least 4 members (excludes halogenated alkanes) is 4. The minimum Gasteiger partial charge on any atom is -0.328 e. The van der Waals surface area contributed by atoms with E-state index < -0.39 is 0 Å². The average Bonchev–Trinajstić information content (AvgIpc) is 2.05. The van der Waals surface area contributed by atoms with Crippen molar-refractivity contribution in [3.8, 4) is 0 Å². The first kappa shape index (κ1) is 12.0. The van der Waals surface area contributed by atoms with Gasteiger partial charge < -0.3 is 5.73 Å². The molecule has 0 spiro atoms. The Hall–Kier alpha value is -0.0400. The van der Waals surface area contributed by atoms with Crippen LogP contribution in [0.2, 0.25) is 0 Å². The molecule has 0 bridgehead atoms. The van der Waals surface area contributed by atoms with Crippen molar-refractivity contribution >= 4 is 0 Å². The molecule has 0 heterocycles. The quantitative estimate of drug-likeness (QED) is 0.556. The van der Waals surface area contributed by atoms with Gasteiger partial charge in [0, 0.05) is 6.04 Å². The maximum atomic E-state index is 5.90. The Labute approximate surface area is 77.7 Å². The molecule has 0 aromatic heterocycles. The van der Waals surface area contributed by atoms with Gasteiger partial charge in [-0.25, -0.2) is 0 Å². The molecule has 0 amide bonds. The van der Waals surface area contributed by atoms with Crippen molar-refractivity contribution in [2.45, 2.75) is 71.3 Å².